The van der Waals surface area contributed by atoms with Crippen LogP contribution in [0.5, 0.6) is 0 Å². The van der Waals surface area contributed by atoms with Crippen LogP contribution in [0.15, 0.2) is 138 Å². The summed E-state index contributed by atoms with van der Waals surface area (Å²) in [5.74, 6) is 0. The van der Waals surface area contributed by atoms with Gasteiger partial charge in [-0.15, -0.1) is 0 Å². The standard InChI is InChI=1S/C30H24N4O2S/c35-37(36,26-19-11-4-12-20-26)34-29(21-28(31-34)23-13-5-1-6-14-23)27-22-33(25-17-9-3-10-18-25)32-30(27)24-15-7-2-8-16-24/h1-20,22,29H,21H2/t29-/m1/s1. The molecule has 0 spiro atoms. The zero-order valence-corrected chi connectivity index (χ0v) is 20.7. The third-order valence-electron chi connectivity index (χ3n) is 6.44. The largest absolute Gasteiger partial charge is 0.279 e. The maximum absolute atomic E-state index is 13.9. The Morgan fingerprint density at radius 3 is 1.84 bits per heavy atom. The van der Waals surface area contributed by atoms with Crippen molar-refractivity contribution in [3.05, 3.63) is 139 Å². The second-order valence-electron chi connectivity index (χ2n) is 8.80. The zero-order valence-electron chi connectivity index (χ0n) is 19.9. The molecule has 0 fully saturated rings. The summed E-state index contributed by atoms with van der Waals surface area (Å²) < 4.78 is 30.9. The second kappa shape index (κ2) is 9.52. The summed E-state index contributed by atoms with van der Waals surface area (Å²) in [6, 6.07) is 37.3. The number of hydrogen-bond donors (Lipinski definition) is 0. The number of para-hydroxylation sites is 1. The lowest BCUT2D eigenvalue weighted by atomic mass is 9.97. The van der Waals surface area contributed by atoms with Gasteiger partial charge in [0, 0.05) is 23.7 Å². The Labute approximate surface area is 216 Å². The van der Waals surface area contributed by atoms with E-state index in [4.69, 9.17) is 10.2 Å². The number of aromatic nitrogens is 2. The zero-order chi connectivity index (χ0) is 25.2. The van der Waals surface area contributed by atoms with Gasteiger partial charge in [-0.3, -0.25) is 0 Å². The first-order valence-corrected chi connectivity index (χ1v) is 13.5. The fourth-order valence-corrected chi connectivity index (χ4v) is 6.06. The molecule has 1 atom stereocenters. The van der Waals surface area contributed by atoms with E-state index in [2.05, 4.69) is 0 Å². The van der Waals surface area contributed by atoms with Gasteiger partial charge in [-0.25, -0.2) is 4.68 Å². The van der Waals surface area contributed by atoms with Crippen LogP contribution < -0.4 is 0 Å². The molecule has 6 nitrogen and oxygen atoms in total. The highest BCUT2D eigenvalue weighted by Gasteiger charge is 2.40. The summed E-state index contributed by atoms with van der Waals surface area (Å²) in [6.07, 6.45) is 2.36. The lowest BCUT2D eigenvalue weighted by Gasteiger charge is -2.23. The molecular formula is C30H24N4O2S. The van der Waals surface area contributed by atoms with E-state index in [0.29, 0.717) is 6.42 Å². The van der Waals surface area contributed by atoms with Crippen molar-refractivity contribution in [1.29, 1.82) is 0 Å². The third-order valence-corrected chi connectivity index (χ3v) is 8.13. The van der Waals surface area contributed by atoms with Crippen molar-refractivity contribution in [2.24, 2.45) is 5.10 Å². The van der Waals surface area contributed by atoms with Crippen LogP contribution in [0.25, 0.3) is 16.9 Å². The molecule has 4 aromatic carbocycles. The number of benzene rings is 4. The molecule has 0 amide bonds. The van der Waals surface area contributed by atoms with Gasteiger partial charge in [0.15, 0.2) is 0 Å². The number of nitrogens with zero attached hydrogens (tertiary/aromatic N) is 4. The highest BCUT2D eigenvalue weighted by molar-refractivity contribution is 7.89. The molecule has 1 aromatic heterocycles. The molecule has 1 aliphatic heterocycles. The van der Waals surface area contributed by atoms with Gasteiger partial charge in [-0.2, -0.15) is 23.0 Å². The average molecular weight is 505 g/mol. The lowest BCUT2D eigenvalue weighted by Crippen LogP contribution is -2.27. The van der Waals surface area contributed by atoms with E-state index in [-0.39, 0.29) is 4.90 Å². The summed E-state index contributed by atoms with van der Waals surface area (Å²) in [5.41, 5.74) is 4.95. The summed E-state index contributed by atoms with van der Waals surface area (Å²) in [6.45, 7) is 0. The van der Waals surface area contributed by atoms with E-state index < -0.39 is 16.1 Å². The van der Waals surface area contributed by atoms with Crippen LogP contribution in [0.1, 0.15) is 23.6 Å². The molecule has 2 heterocycles. The molecule has 0 unspecified atom stereocenters. The van der Waals surface area contributed by atoms with Gasteiger partial charge in [0.1, 0.15) is 0 Å². The summed E-state index contributed by atoms with van der Waals surface area (Å²) >= 11 is 0. The van der Waals surface area contributed by atoms with Crippen LogP contribution in [-0.4, -0.2) is 28.3 Å². The number of hydrogen-bond acceptors (Lipinski definition) is 4. The Balaban J connectivity index is 1.53. The van der Waals surface area contributed by atoms with Gasteiger partial charge in [-0.05, 0) is 29.8 Å². The van der Waals surface area contributed by atoms with Crippen molar-refractivity contribution in [1.82, 2.24) is 14.2 Å². The highest BCUT2D eigenvalue weighted by Crippen LogP contribution is 2.41. The molecule has 0 bridgehead atoms. The van der Waals surface area contributed by atoms with E-state index in [1.807, 2.05) is 102 Å². The maximum Gasteiger partial charge on any atom is 0.279 e. The van der Waals surface area contributed by atoms with Crippen LogP contribution >= 0.6 is 0 Å². The highest BCUT2D eigenvalue weighted by atomic mass is 32.2. The molecule has 0 N–H and O–H groups in total. The smallest absolute Gasteiger partial charge is 0.240 e. The molecule has 0 saturated heterocycles. The first-order valence-electron chi connectivity index (χ1n) is 12.0. The molecule has 182 valence electrons. The van der Waals surface area contributed by atoms with Crippen molar-refractivity contribution < 1.29 is 8.42 Å². The Kier molecular flexibility index (Phi) is 5.90. The van der Waals surface area contributed by atoms with Gasteiger partial charge < -0.3 is 0 Å². The van der Waals surface area contributed by atoms with Crippen LogP contribution in [-0.2, 0) is 10.0 Å². The fraction of sp³-hybridized carbons (Fsp3) is 0.0667. The maximum atomic E-state index is 13.9. The summed E-state index contributed by atoms with van der Waals surface area (Å²) in [7, 11) is -3.92. The lowest BCUT2D eigenvalue weighted by molar-refractivity contribution is 0.372. The van der Waals surface area contributed by atoms with Crippen LogP contribution in [0.2, 0.25) is 0 Å². The van der Waals surface area contributed by atoms with Gasteiger partial charge in [-0.1, -0.05) is 97.1 Å². The van der Waals surface area contributed by atoms with Crippen molar-refractivity contribution in [2.75, 3.05) is 0 Å². The van der Waals surface area contributed by atoms with Crippen molar-refractivity contribution in [3.8, 4) is 16.9 Å². The van der Waals surface area contributed by atoms with E-state index in [9.17, 15) is 8.42 Å². The topological polar surface area (TPSA) is 67.6 Å². The first kappa shape index (κ1) is 22.9. The molecule has 0 aliphatic carbocycles. The van der Waals surface area contributed by atoms with E-state index in [1.165, 1.54) is 4.41 Å². The van der Waals surface area contributed by atoms with Gasteiger partial charge >= 0.3 is 0 Å². The van der Waals surface area contributed by atoms with Crippen LogP contribution in [0.4, 0.5) is 0 Å². The van der Waals surface area contributed by atoms with Gasteiger partial charge in [0.2, 0.25) is 0 Å². The minimum absolute atomic E-state index is 0.203. The molecule has 6 rings (SSSR count). The van der Waals surface area contributed by atoms with Crippen molar-refractivity contribution >= 4 is 15.7 Å². The molecule has 0 radical (unpaired) electrons. The normalized spacial score (nSPS) is 15.5. The molecule has 37 heavy (non-hydrogen) atoms. The van der Waals surface area contributed by atoms with Gasteiger partial charge in [0.25, 0.3) is 10.0 Å². The Hall–Kier alpha value is -4.49. The third kappa shape index (κ3) is 4.34. The number of hydrazone groups is 1. The number of sulfonamides is 1. The fourth-order valence-electron chi connectivity index (χ4n) is 4.61. The SMILES string of the molecule is O=S(=O)(c1ccccc1)N1N=C(c2ccccc2)C[C@@H]1c1cn(-c2ccccc2)nc1-c1ccccc1. The molecule has 7 heteroatoms. The minimum Gasteiger partial charge on any atom is -0.240 e. The monoisotopic (exact) mass is 504 g/mol. The van der Waals surface area contributed by atoms with Gasteiger partial charge in [0.05, 0.1) is 28.0 Å². The summed E-state index contributed by atoms with van der Waals surface area (Å²) in [4.78, 5) is 0.203. The molecule has 5 aromatic rings. The predicted octanol–water partition coefficient (Wildman–Crippen LogP) is 6.08. The van der Waals surface area contributed by atoms with E-state index in [1.54, 1.807) is 30.3 Å². The van der Waals surface area contributed by atoms with E-state index >= 15 is 0 Å². The second-order valence-corrected chi connectivity index (χ2v) is 10.6. The van der Waals surface area contributed by atoms with Crippen LogP contribution in [0.3, 0.4) is 0 Å². The Bertz CT molecular complexity index is 1650. The Morgan fingerprint density at radius 2 is 1.22 bits per heavy atom. The minimum atomic E-state index is -3.92. The van der Waals surface area contributed by atoms with Crippen molar-refractivity contribution in [3.63, 3.8) is 0 Å². The van der Waals surface area contributed by atoms with E-state index in [0.717, 1.165) is 33.8 Å². The average Bonchev–Trinajstić information content (AvgIpc) is 3.61. The molecule has 1 aliphatic rings. The molecular weight excluding hydrogens is 480 g/mol. The molecule has 0 saturated carbocycles. The Morgan fingerprint density at radius 1 is 0.676 bits per heavy atom. The first-order chi connectivity index (χ1) is 18.1. The van der Waals surface area contributed by atoms with Crippen molar-refractivity contribution in [2.45, 2.75) is 17.4 Å². The van der Waals surface area contributed by atoms with Crippen LogP contribution in [0, 0.1) is 0 Å². The predicted molar refractivity (Wildman–Crippen MR) is 145 cm³/mol. The quantitative estimate of drug-likeness (QED) is 0.281. The number of rotatable bonds is 6. The summed E-state index contributed by atoms with van der Waals surface area (Å²) in [5, 5.41) is 9.63.